The molecule has 0 saturated carbocycles. The molecule has 0 radical (unpaired) electrons. The molecule has 1 aliphatic rings. The molecule has 1 aromatic heterocycles. The molecule has 0 bridgehead atoms. The molecule has 0 aliphatic carbocycles. The third-order valence-electron chi connectivity index (χ3n) is 4.62. The van der Waals surface area contributed by atoms with Crippen LogP contribution >= 0.6 is 11.3 Å². The molecule has 33 heavy (non-hydrogen) atoms. The molecule has 1 N–H and O–H groups in total. The average Bonchev–Trinajstić information content (AvgIpc) is 3.33. The zero-order valence-electron chi connectivity index (χ0n) is 17.7. The highest BCUT2D eigenvalue weighted by atomic mass is 32.1. The van der Waals surface area contributed by atoms with E-state index < -0.39 is 30.3 Å². The number of imide groups is 1. The summed E-state index contributed by atoms with van der Waals surface area (Å²) >= 11 is 1.11. The summed E-state index contributed by atoms with van der Waals surface area (Å²) in [5.74, 6) is -2.02. The molecule has 3 aromatic rings. The zero-order chi connectivity index (χ0) is 23.5. The highest BCUT2D eigenvalue weighted by Crippen LogP contribution is 2.31. The molecule has 10 nitrogen and oxygen atoms in total. The Bertz CT molecular complexity index is 1270. The number of amides is 3. The topological polar surface area (TPSA) is 128 Å². The Morgan fingerprint density at radius 2 is 1.82 bits per heavy atom. The first kappa shape index (κ1) is 22.1. The van der Waals surface area contributed by atoms with Crippen molar-refractivity contribution in [2.45, 2.75) is 13.8 Å². The zero-order valence-corrected chi connectivity index (χ0v) is 18.5. The van der Waals surface area contributed by atoms with Crippen LogP contribution in [0, 0.1) is 6.92 Å². The van der Waals surface area contributed by atoms with E-state index in [4.69, 9.17) is 9.47 Å². The van der Waals surface area contributed by atoms with E-state index >= 15 is 0 Å². The number of carbonyl (C=O) groups excluding carboxylic acids is 4. The van der Waals surface area contributed by atoms with E-state index in [0.717, 1.165) is 16.2 Å². The fraction of sp³-hybridized carbons (Fsp3) is 0.182. The van der Waals surface area contributed by atoms with Crippen LogP contribution < -0.4 is 15.0 Å². The van der Waals surface area contributed by atoms with Crippen molar-refractivity contribution in [1.82, 2.24) is 10.2 Å². The lowest BCUT2D eigenvalue weighted by Gasteiger charge is -2.11. The smallest absolute Gasteiger partial charge is 0.338 e. The Morgan fingerprint density at radius 3 is 2.55 bits per heavy atom. The number of nitrogens with zero attached hydrogens (tertiary/aromatic N) is 3. The minimum atomic E-state index is -0.809. The Morgan fingerprint density at radius 1 is 1.06 bits per heavy atom. The van der Waals surface area contributed by atoms with Gasteiger partial charge in [-0.05, 0) is 44.2 Å². The highest BCUT2D eigenvalue weighted by Gasteiger charge is 2.39. The number of hydrogen-bond donors (Lipinski definition) is 1. The van der Waals surface area contributed by atoms with Crippen LogP contribution in [0.4, 0.5) is 10.8 Å². The summed E-state index contributed by atoms with van der Waals surface area (Å²) in [4.78, 5) is 51.0. The van der Waals surface area contributed by atoms with Gasteiger partial charge in [0, 0.05) is 0 Å². The number of fused-ring (bicyclic) bond motifs is 1. The van der Waals surface area contributed by atoms with Crippen LogP contribution in [-0.2, 0) is 9.53 Å². The Balaban J connectivity index is 1.43. The maximum absolute atomic E-state index is 12.8. The first-order chi connectivity index (χ1) is 15.9. The highest BCUT2D eigenvalue weighted by molar-refractivity contribution is 7.15. The van der Waals surface area contributed by atoms with Crippen molar-refractivity contribution in [2.24, 2.45) is 0 Å². The van der Waals surface area contributed by atoms with E-state index in [2.05, 4.69) is 15.5 Å². The van der Waals surface area contributed by atoms with E-state index in [1.165, 1.54) is 18.2 Å². The number of nitrogens with one attached hydrogen (secondary N) is 1. The number of ether oxygens (including phenoxy) is 2. The third kappa shape index (κ3) is 4.44. The molecule has 1 aliphatic heterocycles. The van der Waals surface area contributed by atoms with Crippen LogP contribution in [0.25, 0.3) is 0 Å². The van der Waals surface area contributed by atoms with Gasteiger partial charge in [-0.3, -0.25) is 14.4 Å². The normalized spacial score (nSPS) is 12.5. The predicted molar refractivity (Wildman–Crippen MR) is 119 cm³/mol. The number of rotatable bonds is 7. The molecule has 0 saturated heterocycles. The van der Waals surface area contributed by atoms with Gasteiger partial charge in [0.25, 0.3) is 17.7 Å². The second-order valence-corrected chi connectivity index (χ2v) is 8.02. The summed E-state index contributed by atoms with van der Waals surface area (Å²) in [5, 5.41) is 11.1. The van der Waals surface area contributed by atoms with Crippen LogP contribution in [0.1, 0.15) is 43.0 Å². The molecule has 0 atom stereocenters. The monoisotopic (exact) mass is 466 g/mol. The van der Waals surface area contributed by atoms with E-state index in [9.17, 15) is 19.2 Å². The van der Waals surface area contributed by atoms with Crippen molar-refractivity contribution >= 4 is 45.8 Å². The molecule has 3 amide bonds. The lowest BCUT2D eigenvalue weighted by atomic mass is 10.1. The molecule has 11 heteroatoms. The number of anilines is 2. The quantitative estimate of drug-likeness (QED) is 0.416. The van der Waals surface area contributed by atoms with Gasteiger partial charge in [-0.2, -0.15) is 0 Å². The summed E-state index contributed by atoms with van der Waals surface area (Å²) in [6.07, 6.45) is 0. The van der Waals surface area contributed by atoms with E-state index in [0.29, 0.717) is 23.1 Å². The summed E-state index contributed by atoms with van der Waals surface area (Å²) in [5.41, 5.74) is 0.689. The second kappa shape index (κ2) is 9.17. The van der Waals surface area contributed by atoms with Crippen LogP contribution in [0.2, 0.25) is 0 Å². The Hall–Kier alpha value is -4.12. The van der Waals surface area contributed by atoms with Crippen LogP contribution in [0.5, 0.6) is 5.75 Å². The molecule has 2 heterocycles. The van der Waals surface area contributed by atoms with Crippen molar-refractivity contribution in [2.75, 3.05) is 23.4 Å². The molecule has 0 unspecified atom stereocenters. The van der Waals surface area contributed by atoms with Gasteiger partial charge >= 0.3 is 5.97 Å². The average molecular weight is 466 g/mol. The number of benzene rings is 2. The van der Waals surface area contributed by atoms with Crippen LogP contribution in [0.3, 0.4) is 0 Å². The Kier molecular flexibility index (Phi) is 6.13. The van der Waals surface area contributed by atoms with Gasteiger partial charge in [0.15, 0.2) is 6.61 Å². The second-order valence-electron chi connectivity index (χ2n) is 6.86. The molecule has 4 rings (SSSR count). The van der Waals surface area contributed by atoms with E-state index in [1.807, 2.05) is 6.92 Å². The van der Waals surface area contributed by atoms with Crippen LogP contribution in [-0.4, -0.2) is 47.1 Å². The molecular formula is C22H18N4O6S. The molecular weight excluding hydrogens is 448 g/mol. The largest absolute Gasteiger partial charge is 0.492 e. The van der Waals surface area contributed by atoms with Gasteiger partial charge in [0.2, 0.25) is 5.13 Å². The van der Waals surface area contributed by atoms with Gasteiger partial charge in [-0.25, -0.2) is 9.69 Å². The maximum Gasteiger partial charge on any atom is 0.338 e. The lowest BCUT2D eigenvalue weighted by molar-refractivity contribution is -0.119. The van der Waals surface area contributed by atoms with Gasteiger partial charge in [0.05, 0.1) is 29.0 Å². The van der Waals surface area contributed by atoms with Crippen LogP contribution in [0.15, 0.2) is 42.5 Å². The molecule has 2 aromatic carbocycles. The van der Waals surface area contributed by atoms with E-state index in [1.54, 1.807) is 31.2 Å². The number of esters is 1. The van der Waals surface area contributed by atoms with Gasteiger partial charge in [-0.1, -0.05) is 23.5 Å². The molecule has 0 fully saturated rings. The number of aromatic nitrogens is 2. The van der Waals surface area contributed by atoms with Gasteiger partial charge in [0.1, 0.15) is 10.8 Å². The fourth-order valence-electron chi connectivity index (χ4n) is 3.17. The fourth-order valence-corrected chi connectivity index (χ4v) is 3.85. The molecule has 0 spiro atoms. The SMILES string of the molecule is CCOc1ccccc1NC(=O)COC(=O)c1ccc2c(c1)C(=O)N(c1nnc(C)s1)C2=O. The van der Waals surface area contributed by atoms with Gasteiger partial charge < -0.3 is 14.8 Å². The van der Waals surface area contributed by atoms with E-state index in [-0.39, 0.29) is 21.8 Å². The number of para-hydroxylation sites is 2. The number of aryl methyl sites for hydroxylation is 1. The lowest BCUT2D eigenvalue weighted by Crippen LogP contribution is -2.29. The summed E-state index contributed by atoms with van der Waals surface area (Å²) in [7, 11) is 0. The van der Waals surface area contributed by atoms with Crippen molar-refractivity contribution < 1.29 is 28.7 Å². The van der Waals surface area contributed by atoms with Gasteiger partial charge in [-0.15, -0.1) is 10.2 Å². The van der Waals surface area contributed by atoms with Crippen molar-refractivity contribution in [3.63, 3.8) is 0 Å². The predicted octanol–water partition coefficient (Wildman–Crippen LogP) is 2.84. The first-order valence-corrected chi connectivity index (χ1v) is 10.7. The molecule has 168 valence electrons. The Labute approximate surface area is 192 Å². The van der Waals surface area contributed by atoms with Crippen molar-refractivity contribution in [1.29, 1.82) is 0 Å². The van der Waals surface area contributed by atoms with Crippen molar-refractivity contribution in [3.8, 4) is 5.75 Å². The number of carbonyl (C=O) groups is 4. The summed E-state index contributed by atoms with van der Waals surface area (Å²) < 4.78 is 10.5. The standard InChI is InChI=1S/C22H18N4O6S/c1-3-31-17-7-5-4-6-16(17)23-18(27)11-32-21(30)13-8-9-14-15(10-13)20(29)26(19(14)28)22-25-24-12(2)33-22/h4-10H,3,11H2,1-2H3,(H,23,27). The van der Waals surface area contributed by atoms with Crippen molar-refractivity contribution in [3.05, 3.63) is 64.2 Å². The summed E-state index contributed by atoms with van der Waals surface area (Å²) in [6, 6.07) is 10.9. The minimum absolute atomic E-state index is 0.0349. The maximum atomic E-state index is 12.8. The number of hydrogen-bond acceptors (Lipinski definition) is 9. The summed E-state index contributed by atoms with van der Waals surface area (Å²) in [6.45, 7) is 3.42. The third-order valence-corrected chi connectivity index (χ3v) is 5.45. The first-order valence-electron chi connectivity index (χ1n) is 9.90. The minimum Gasteiger partial charge on any atom is -0.492 e.